The first kappa shape index (κ1) is 31.3. The van der Waals surface area contributed by atoms with E-state index >= 15 is 0 Å². The number of carbonyl (C=O) groups is 3. The summed E-state index contributed by atoms with van der Waals surface area (Å²) < 4.78 is 21.4. The van der Waals surface area contributed by atoms with Crippen molar-refractivity contribution < 1.29 is 38.3 Å². The maximum atomic E-state index is 12.5. The van der Waals surface area contributed by atoms with E-state index in [1.165, 1.54) is 24.3 Å². The molecule has 0 aromatic heterocycles. The zero-order valence-corrected chi connectivity index (χ0v) is 24.8. The fraction of sp³-hybridized carbons (Fsp3) is 0.594. The van der Waals surface area contributed by atoms with Crippen LogP contribution in [0.3, 0.4) is 0 Å². The van der Waals surface area contributed by atoms with Gasteiger partial charge in [0.25, 0.3) is 5.69 Å². The Labute approximate surface area is 256 Å². The average Bonchev–Trinajstić information content (AvgIpc) is 3.84. The molecule has 2 fully saturated rings. The summed E-state index contributed by atoms with van der Waals surface area (Å²) in [6.07, 6.45) is 14.1. The van der Waals surface area contributed by atoms with Crippen molar-refractivity contribution in [2.75, 3.05) is 26.3 Å². The maximum absolute atomic E-state index is 12.5. The monoisotopic (exact) mass is 611 g/mol. The van der Waals surface area contributed by atoms with E-state index in [9.17, 15) is 24.5 Å². The van der Waals surface area contributed by atoms with Gasteiger partial charge in [0.15, 0.2) is 0 Å². The van der Waals surface area contributed by atoms with Crippen molar-refractivity contribution in [3.63, 3.8) is 0 Å². The highest BCUT2D eigenvalue weighted by Gasteiger charge is 2.50. The van der Waals surface area contributed by atoms with Gasteiger partial charge in [-0.25, -0.2) is 14.4 Å². The Kier molecular flexibility index (Phi) is 10.7. The van der Waals surface area contributed by atoms with Gasteiger partial charge in [0.2, 0.25) is 0 Å². The van der Waals surface area contributed by atoms with Gasteiger partial charge in [-0.15, -0.1) is 0 Å². The first-order chi connectivity index (χ1) is 21.4. The molecule has 12 heteroatoms. The Bertz CT molecular complexity index is 1140. The van der Waals surface area contributed by atoms with Crippen LogP contribution in [0.4, 0.5) is 20.1 Å². The fourth-order valence-electron chi connectivity index (χ4n) is 6.77. The molecule has 44 heavy (non-hydrogen) atoms. The Hall–Kier alpha value is -4.09. The van der Waals surface area contributed by atoms with Gasteiger partial charge in [-0.2, -0.15) is 0 Å². The number of alkyl carbamates (subject to hydrolysis) is 2. The molecule has 0 aliphatic heterocycles. The number of ether oxygens (including phenoxy) is 4. The second-order valence-electron chi connectivity index (χ2n) is 12.0. The number of allylic oxidation sites excluding steroid dienone is 4. The molecule has 0 heterocycles. The lowest BCUT2D eigenvalue weighted by molar-refractivity contribution is -0.384. The van der Waals surface area contributed by atoms with E-state index in [-0.39, 0.29) is 24.5 Å². The van der Waals surface area contributed by atoms with E-state index in [0.717, 1.165) is 51.4 Å². The summed E-state index contributed by atoms with van der Waals surface area (Å²) in [4.78, 5) is 47.8. The summed E-state index contributed by atoms with van der Waals surface area (Å²) in [7, 11) is 0. The van der Waals surface area contributed by atoms with Crippen LogP contribution < -0.4 is 15.4 Å². The molecule has 12 nitrogen and oxygen atoms in total. The van der Waals surface area contributed by atoms with E-state index in [0.29, 0.717) is 48.7 Å². The highest BCUT2D eigenvalue weighted by Crippen LogP contribution is 2.53. The molecule has 1 aromatic rings. The number of hydrogen-bond donors (Lipinski definition) is 2. The number of benzene rings is 1. The third kappa shape index (κ3) is 8.96. The largest absolute Gasteiger partial charge is 0.514 e. The predicted octanol–water partition coefficient (Wildman–Crippen LogP) is 5.92. The molecule has 2 saturated carbocycles. The third-order valence-electron chi connectivity index (χ3n) is 9.29. The lowest BCUT2D eigenvalue weighted by atomic mass is 10.1. The predicted molar refractivity (Wildman–Crippen MR) is 159 cm³/mol. The molecule has 2 N–H and O–H groups in total. The van der Waals surface area contributed by atoms with Gasteiger partial charge in [-0.1, -0.05) is 24.3 Å². The van der Waals surface area contributed by atoms with E-state index in [2.05, 4.69) is 34.9 Å². The van der Waals surface area contributed by atoms with Crippen LogP contribution in [0.2, 0.25) is 0 Å². The lowest BCUT2D eigenvalue weighted by Crippen LogP contribution is -2.43. The Morgan fingerprint density at radius 3 is 1.59 bits per heavy atom. The van der Waals surface area contributed by atoms with Gasteiger partial charge >= 0.3 is 18.3 Å². The Morgan fingerprint density at radius 2 is 1.18 bits per heavy atom. The fourth-order valence-corrected chi connectivity index (χ4v) is 6.77. The molecule has 0 bridgehead atoms. The molecule has 2 unspecified atom stereocenters. The zero-order chi connectivity index (χ0) is 30.9. The van der Waals surface area contributed by atoms with Crippen LogP contribution in [-0.2, 0) is 14.2 Å². The van der Waals surface area contributed by atoms with Gasteiger partial charge in [0, 0.05) is 12.1 Å². The number of nitrogens with one attached hydrogen (secondary N) is 2. The molecule has 0 radical (unpaired) electrons. The number of nitrogens with zero attached hydrogens (tertiary/aromatic N) is 1. The summed E-state index contributed by atoms with van der Waals surface area (Å²) in [6.45, 7) is 0.378. The van der Waals surface area contributed by atoms with E-state index < -0.39 is 29.4 Å². The van der Waals surface area contributed by atoms with Crippen molar-refractivity contribution in [3.8, 4) is 5.75 Å². The second kappa shape index (κ2) is 15.1. The molecule has 4 aliphatic rings. The minimum absolute atomic E-state index is 0.0412. The number of carbonyl (C=O) groups excluding carboxylic acids is 3. The number of rotatable bonds is 11. The van der Waals surface area contributed by atoms with Crippen LogP contribution >= 0.6 is 0 Å². The van der Waals surface area contributed by atoms with Gasteiger partial charge in [0.1, 0.15) is 11.9 Å². The van der Waals surface area contributed by atoms with E-state index in [1.54, 1.807) is 0 Å². The number of nitro groups is 1. The molecule has 0 spiro atoms. The standard InChI is InChI=1S/C32H41N3O9/c36-30(41-19-28-24-9-5-1-2-6-10-25(24)28)33-17-23(44-32(38)43-22-15-13-21(14-16-22)35(39)40)18-34-31(37)42-20-29-26-11-7-3-4-8-12-27(26)29/h1-4,13-16,23-29H,5-12,17-20H2,(H,33,36)(H,34,37)/b2-1+,4-3+/t23?,24-,25+,26-,27+,28?,29?. The number of non-ortho nitro benzene ring substituents is 1. The number of amides is 2. The highest BCUT2D eigenvalue weighted by molar-refractivity contribution is 5.68. The zero-order valence-electron chi connectivity index (χ0n) is 24.8. The lowest BCUT2D eigenvalue weighted by Gasteiger charge is -2.19. The van der Waals surface area contributed by atoms with Crippen LogP contribution in [0, 0.1) is 45.6 Å². The van der Waals surface area contributed by atoms with Crippen molar-refractivity contribution in [1.82, 2.24) is 10.6 Å². The van der Waals surface area contributed by atoms with Crippen LogP contribution in [-0.4, -0.2) is 55.7 Å². The van der Waals surface area contributed by atoms with Crippen molar-refractivity contribution in [2.24, 2.45) is 35.5 Å². The Balaban J connectivity index is 1.07. The first-order valence-corrected chi connectivity index (χ1v) is 15.6. The molecule has 6 atom stereocenters. The van der Waals surface area contributed by atoms with Crippen LogP contribution in [0.1, 0.15) is 51.4 Å². The minimum Gasteiger partial charge on any atom is -0.449 e. The van der Waals surface area contributed by atoms with Crippen LogP contribution in [0.5, 0.6) is 5.75 Å². The SMILES string of the molecule is O=C(NCC(CNC(=O)OCC1[C@H]2CC/C=C/CC[C@@H]12)OC(=O)Oc1ccc([N+](=O)[O-])cc1)OCC1[C@H]2CC/C=C/CC[C@@H]12. The molecule has 4 aliphatic carbocycles. The molecular weight excluding hydrogens is 570 g/mol. The maximum Gasteiger partial charge on any atom is 0.514 e. The summed E-state index contributed by atoms with van der Waals surface area (Å²) in [5.74, 6) is 3.09. The van der Waals surface area contributed by atoms with Crippen molar-refractivity contribution in [3.05, 3.63) is 58.7 Å². The van der Waals surface area contributed by atoms with E-state index in [1.807, 2.05) is 0 Å². The molecule has 1 aromatic carbocycles. The Morgan fingerprint density at radius 1 is 0.750 bits per heavy atom. The molecule has 5 rings (SSSR count). The summed E-state index contributed by atoms with van der Waals surface area (Å²) in [5, 5.41) is 16.1. The van der Waals surface area contributed by atoms with Gasteiger partial charge < -0.3 is 29.6 Å². The minimum atomic E-state index is -1.10. The van der Waals surface area contributed by atoms with Gasteiger partial charge in [-0.3, -0.25) is 10.1 Å². The summed E-state index contributed by atoms with van der Waals surface area (Å²) in [5.41, 5.74) is -0.157. The van der Waals surface area contributed by atoms with Crippen LogP contribution in [0.25, 0.3) is 0 Å². The molecular formula is C32H41N3O9. The highest BCUT2D eigenvalue weighted by atomic mass is 16.7. The third-order valence-corrected chi connectivity index (χ3v) is 9.29. The van der Waals surface area contributed by atoms with E-state index in [4.69, 9.17) is 18.9 Å². The van der Waals surface area contributed by atoms with Gasteiger partial charge in [-0.05, 0) is 99.0 Å². The summed E-state index contributed by atoms with van der Waals surface area (Å²) >= 11 is 0. The van der Waals surface area contributed by atoms with Gasteiger partial charge in [0.05, 0.1) is 31.2 Å². The number of nitro benzene ring substituents is 1. The quantitative estimate of drug-likeness (QED) is 0.0775. The normalized spacial score (nSPS) is 28.8. The first-order valence-electron chi connectivity index (χ1n) is 15.6. The number of fused-ring (bicyclic) bond motifs is 2. The smallest absolute Gasteiger partial charge is 0.449 e. The molecule has 0 saturated heterocycles. The topological polar surface area (TPSA) is 155 Å². The summed E-state index contributed by atoms with van der Waals surface area (Å²) in [6, 6.07) is 4.93. The van der Waals surface area contributed by atoms with Crippen molar-refractivity contribution in [2.45, 2.75) is 57.5 Å². The van der Waals surface area contributed by atoms with Crippen molar-refractivity contribution >= 4 is 24.0 Å². The molecule has 238 valence electrons. The van der Waals surface area contributed by atoms with Crippen LogP contribution in [0.15, 0.2) is 48.6 Å². The molecule has 2 amide bonds. The van der Waals surface area contributed by atoms with Crippen molar-refractivity contribution in [1.29, 1.82) is 0 Å². The second-order valence-corrected chi connectivity index (χ2v) is 12.0. The average molecular weight is 612 g/mol. The number of hydrogen-bond acceptors (Lipinski definition) is 9.